The number of cyclic esters (lactones) is 1. The van der Waals surface area contributed by atoms with E-state index in [4.69, 9.17) is 4.74 Å². The zero-order valence-electron chi connectivity index (χ0n) is 15.2. The molecule has 1 unspecified atom stereocenters. The summed E-state index contributed by atoms with van der Waals surface area (Å²) in [5.74, 6) is -0.510. The first-order valence-electron chi connectivity index (χ1n) is 8.84. The van der Waals surface area contributed by atoms with Crippen LogP contribution in [0.2, 0.25) is 0 Å². The molecule has 5 nitrogen and oxygen atoms in total. The monoisotopic (exact) mass is 352 g/mol. The molecule has 0 aliphatic carbocycles. The largest absolute Gasteiger partial charge is 0.463 e. The van der Waals surface area contributed by atoms with Crippen molar-refractivity contribution in [3.63, 3.8) is 0 Å². The van der Waals surface area contributed by atoms with Gasteiger partial charge in [0.25, 0.3) is 0 Å². The number of esters is 1. The van der Waals surface area contributed by atoms with Crippen molar-refractivity contribution in [2.45, 2.75) is 32.9 Å². The summed E-state index contributed by atoms with van der Waals surface area (Å²) >= 11 is 0. The van der Waals surface area contributed by atoms with E-state index in [1.807, 2.05) is 67.3 Å². The highest BCUT2D eigenvalue weighted by Gasteiger charge is 2.33. The maximum absolute atomic E-state index is 12.5. The lowest BCUT2D eigenvalue weighted by Crippen LogP contribution is -2.49. The molecule has 26 heavy (non-hydrogen) atoms. The van der Waals surface area contributed by atoms with Gasteiger partial charge in [0.15, 0.2) is 0 Å². The molecule has 0 bridgehead atoms. The third kappa shape index (κ3) is 4.49. The number of nitrogens with one attached hydrogen (secondary N) is 1. The minimum Gasteiger partial charge on any atom is -0.463 e. The van der Waals surface area contributed by atoms with Gasteiger partial charge in [-0.3, -0.25) is 14.5 Å². The van der Waals surface area contributed by atoms with Crippen LogP contribution in [0.1, 0.15) is 23.1 Å². The normalized spacial score (nSPS) is 17.6. The topological polar surface area (TPSA) is 58.6 Å². The molecule has 1 atom stereocenters. The molecule has 1 fully saturated rings. The molecule has 5 heteroatoms. The predicted octanol–water partition coefficient (Wildman–Crippen LogP) is 3.06. The van der Waals surface area contributed by atoms with Crippen LogP contribution in [-0.2, 0) is 20.9 Å². The van der Waals surface area contributed by atoms with Crippen LogP contribution in [0.4, 0.5) is 5.69 Å². The van der Waals surface area contributed by atoms with Crippen LogP contribution in [0.3, 0.4) is 0 Å². The highest BCUT2D eigenvalue weighted by Crippen LogP contribution is 2.19. The summed E-state index contributed by atoms with van der Waals surface area (Å²) in [6.07, 6.45) is 0.0824. The highest BCUT2D eigenvalue weighted by molar-refractivity contribution is 5.95. The second-order valence-electron chi connectivity index (χ2n) is 6.71. The Kier molecular flexibility index (Phi) is 5.68. The Labute approximate surface area is 154 Å². The average Bonchev–Trinajstić information content (AvgIpc) is 2.62. The number of hydrogen-bond donors (Lipinski definition) is 1. The summed E-state index contributed by atoms with van der Waals surface area (Å²) in [4.78, 5) is 26.8. The van der Waals surface area contributed by atoms with Gasteiger partial charge < -0.3 is 10.1 Å². The molecule has 1 aliphatic rings. The van der Waals surface area contributed by atoms with Gasteiger partial charge in [0, 0.05) is 18.8 Å². The SMILES string of the molecule is Cc1ccc(C)c(NC(=O)CC2C(=O)OCCN2Cc2ccccc2)c1. The van der Waals surface area contributed by atoms with Crippen LogP contribution >= 0.6 is 0 Å². The second-order valence-corrected chi connectivity index (χ2v) is 6.71. The van der Waals surface area contributed by atoms with Crippen molar-refractivity contribution >= 4 is 17.6 Å². The number of anilines is 1. The van der Waals surface area contributed by atoms with E-state index in [-0.39, 0.29) is 18.3 Å². The number of hydrogen-bond acceptors (Lipinski definition) is 4. The molecular weight excluding hydrogens is 328 g/mol. The second kappa shape index (κ2) is 8.15. The van der Waals surface area contributed by atoms with E-state index in [9.17, 15) is 9.59 Å². The maximum Gasteiger partial charge on any atom is 0.323 e. The van der Waals surface area contributed by atoms with E-state index in [2.05, 4.69) is 5.32 Å². The first-order chi connectivity index (χ1) is 12.5. The van der Waals surface area contributed by atoms with Gasteiger partial charge in [0.2, 0.25) is 5.91 Å². The summed E-state index contributed by atoms with van der Waals surface area (Å²) in [6, 6.07) is 15.3. The number of carbonyl (C=O) groups is 2. The molecule has 0 radical (unpaired) electrons. The molecule has 136 valence electrons. The summed E-state index contributed by atoms with van der Waals surface area (Å²) in [7, 11) is 0. The fourth-order valence-electron chi connectivity index (χ4n) is 3.13. The van der Waals surface area contributed by atoms with Crippen molar-refractivity contribution in [3.05, 3.63) is 65.2 Å². The Hall–Kier alpha value is -2.66. The van der Waals surface area contributed by atoms with E-state index in [0.717, 1.165) is 22.4 Å². The smallest absolute Gasteiger partial charge is 0.323 e. The number of aryl methyl sites for hydroxylation is 2. The molecule has 0 spiro atoms. The Morgan fingerprint density at radius 3 is 2.73 bits per heavy atom. The Bertz CT molecular complexity index is 789. The number of rotatable bonds is 5. The van der Waals surface area contributed by atoms with Gasteiger partial charge in [-0.05, 0) is 36.6 Å². The van der Waals surface area contributed by atoms with Crippen LogP contribution in [0, 0.1) is 13.8 Å². The minimum atomic E-state index is -0.561. The molecule has 2 aromatic carbocycles. The van der Waals surface area contributed by atoms with Crippen LogP contribution in [0.25, 0.3) is 0 Å². The number of amides is 1. The van der Waals surface area contributed by atoms with Crippen molar-refractivity contribution in [2.24, 2.45) is 0 Å². The number of benzene rings is 2. The van der Waals surface area contributed by atoms with Gasteiger partial charge in [-0.1, -0.05) is 42.5 Å². The molecule has 1 aliphatic heterocycles. The molecule has 2 aromatic rings. The lowest BCUT2D eigenvalue weighted by atomic mass is 10.1. The van der Waals surface area contributed by atoms with E-state index < -0.39 is 6.04 Å². The third-order valence-electron chi connectivity index (χ3n) is 4.61. The van der Waals surface area contributed by atoms with Crippen molar-refractivity contribution in [1.29, 1.82) is 0 Å². The fraction of sp³-hybridized carbons (Fsp3) is 0.333. The molecule has 1 saturated heterocycles. The van der Waals surface area contributed by atoms with Crippen LogP contribution in [0.5, 0.6) is 0 Å². The lowest BCUT2D eigenvalue weighted by Gasteiger charge is -2.33. The van der Waals surface area contributed by atoms with E-state index >= 15 is 0 Å². The van der Waals surface area contributed by atoms with Gasteiger partial charge in [-0.15, -0.1) is 0 Å². The zero-order valence-corrected chi connectivity index (χ0v) is 15.2. The Morgan fingerprint density at radius 1 is 1.19 bits per heavy atom. The maximum atomic E-state index is 12.5. The fourth-order valence-corrected chi connectivity index (χ4v) is 3.13. The minimum absolute atomic E-state index is 0.0824. The van der Waals surface area contributed by atoms with Crippen LogP contribution < -0.4 is 5.32 Å². The summed E-state index contributed by atoms with van der Waals surface area (Å²) in [5.41, 5.74) is 3.97. The lowest BCUT2D eigenvalue weighted by molar-refractivity contribution is -0.159. The van der Waals surface area contributed by atoms with Gasteiger partial charge in [-0.2, -0.15) is 0 Å². The highest BCUT2D eigenvalue weighted by atomic mass is 16.5. The predicted molar refractivity (Wildman–Crippen MR) is 101 cm³/mol. The number of ether oxygens (including phenoxy) is 1. The molecule has 0 saturated carbocycles. The summed E-state index contributed by atoms with van der Waals surface area (Å²) in [6.45, 7) is 5.54. The zero-order chi connectivity index (χ0) is 18.5. The van der Waals surface area contributed by atoms with E-state index in [1.165, 1.54) is 0 Å². The Morgan fingerprint density at radius 2 is 1.96 bits per heavy atom. The first kappa shape index (κ1) is 18.1. The average molecular weight is 352 g/mol. The van der Waals surface area contributed by atoms with Gasteiger partial charge in [0.05, 0.1) is 6.42 Å². The Balaban J connectivity index is 1.69. The summed E-state index contributed by atoms with van der Waals surface area (Å²) in [5, 5.41) is 2.93. The number of carbonyl (C=O) groups excluding carboxylic acids is 2. The van der Waals surface area contributed by atoms with Crippen molar-refractivity contribution in [2.75, 3.05) is 18.5 Å². The quantitative estimate of drug-likeness (QED) is 0.840. The van der Waals surface area contributed by atoms with Crippen molar-refractivity contribution < 1.29 is 14.3 Å². The third-order valence-corrected chi connectivity index (χ3v) is 4.61. The summed E-state index contributed by atoms with van der Waals surface area (Å²) < 4.78 is 5.19. The van der Waals surface area contributed by atoms with Gasteiger partial charge in [0.1, 0.15) is 12.6 Å². The molecule has 1 N–H and O–H groups in total. The molecule has 0 aromatic heterocycles. The standard InChI is InChI=1S/C21H24N2O3/c1-15-8-9-16(2)18(12-15)22-20(24)13-19-21(25)26-11-10-23(19)14-17-6-4-3-5-7-17/h3-9,12,19H,10-11,13-14H2,1-2H3,(H,22,24). The van der Waals surface area contributed by atoms with Crippen molar-refractivity contribution in [3.8, 4) is 0 Å². The van der Waals surface area contributed by atoms with Gasteiger partial charge >= 0.3 is 5.97 Å². The number of morpholine rings is 1. The molecule has 1 heterocycles. The van der Waals surface area contributed by atoms with Crippen LogP contribution in [0.15, 0.2) is 48.5 Å². The number of nitrogens with zero attached hydrogens (tertiary/aromatic N) is 1. The first-order valence-corrected chi connectivity index (χ1v) is 8.84. The van der Waals surface area contributed by atoms with Gasteiger partial charge in [-0.25, -0.2) is 0 Å². The van der Waals surface area contributed by atoms with Crippen LogP contribution in [-0.4, -0.2) is 36.0 Å². The molecule has 1 amide bonds. The van der Waals surface area contributed by atoms with E-state index in [1.54, 1.807) is 0 Å². The molecular formula is C21H24N2O3. The van der Waals surface area contributed by atoms with Crippen molar-refractivity contribution in [1.82, 2.24) is 4.90 Å². The van der Waals surface area contributed by atoms with E-state index in [0.29, 0.717) is 19.7 Å². The molecule has 3 rings (SSSR count).